The number of nitrogens with zero attached hydrogens (tertiary/aromatic N) is 2. The van der Waals surface area contributed by atoms with Crippen LogP contribution < -0.4 is 4.90 Å². The molecule has 0 aromatic carbocycles. The van der Waals surface area contributed by atoms with Crippen molar-refractivity contribution in [1.82, 2.24) is 4.98 Å². The van der Waals surface area contributed by atoms with Gasteiger partial charge in [0.2, 0.25) is 0 Å². The molecule has 0 radical (unpaired) electrons. The first-order valence-electron chi connectivity index (χ1n) is 4.09. The Morgan fingerprint density at radius 1 is 1.42 bits per heavy atom. The quantitative estimate of drug-likeness (QED) is 0.572. The molecular formula is C10H10N2. The Morgan fingerprint density at radius 3 is 2.83 bits per heavy atom. The Bertz CT molecular complexity index is 321. The molecule has 12 heavy (non-hydrogen) atoms. The van der Waals surface area contributed by atoms with Gasteiger partial charge in [-0.05, 0) is 18.6 Å². The summed E-state index contributed by atoms with van der Waals surface area (Å²) in [6.45, 7) is 2.22. The van der Waals surface area contributed by atoms with Gasteiger partial charge in [0.25, 0.3) is 0 Å². The Morgan fingerprint density at radius 2 is 2.25 bits per heavy atom. The van der Waals surface area contributed by atoms with E-state index in [2.05, 4.69) is 15.8 Å². The molecule has 1 aliphatic rings. The molecule has 1 aliphatic heterocycles. The van der Waals surface area contributed by atoms with Crippen LogP contribution in [0.5, 0.6) is 0 Å². The Kier molecular flexibility index (Phi) is 1.71. The highest BCUT2D eigenvalue weighted by molar-refractivity contribution is 5.43. The fourth-order valence-electron chi connectivity index (χ4n) is 1.23. The average molecular weight is 158 g/mol. The molecule has 0 N–H and O–H groups in total. The second-order valence-corrected chi connectivity index (χ2v) is 2.87. The van der Waals surface area contributed by atoms with E-state index in [-0.39, 0.29) is 0 Å². The van der Waals surface area contributed by atoms with Gasteiger partial charge in [-0.2, -0.15) is 0 Å². The molecule has 60 valence electrons. The maximum Gasteiger partial charge on any atom is 0.129 e. The van der Waals surface area contributed by atoms with Crippen molar-refractivity contribution in [3.63, 3.8) is 0 Å². The van der Waals surface area contributed by atoms with E-state index >= 15 is 0 Å². The van der Waals surface area contributed by atoms with Crippen LogP contribution in [0.2, 0.25) is 0 Å². The molecule has 0 atom stereocenters. The minimum Gasteiger partial charge on any atom is -0.356 e. The second kappa shape index (κ2) is 2.86. The molecular weight excluding hydrogens is 148 g/mol. The normalized spacial score (nSPS) is 15.1. The lowest BCUT2D eigenvalue weighted by Gasteiger charge is -2.31. The van der Waals surface area contributed by atoms with Crippen LogP contribution in [-0.4, -0.2) is 18.1 Å². The van der Waals surface area contributed by atoms with Crippen LogP contribution in [0.4, 0.5) is 5.82 Å². The van der Waals surface area contributed by atoms with E-state index in [1.165, 1.54) is 6.42 Å². The maximum absolute atomic E-state index is 5.25. The van der Waals surface area contributed by atoms with E-state index in [0.29, 0.717) is 0 Å². The molecule has 1 aromatic heterocycles. The number of aromatic nitrogens is 1. The van der Waals surface area contributed by atoms with Crippen molar-refractivity contribution in [2.45, 2.75) is 6.42 Å². The lowest BCUT2D eigenvalue weighted by molar-refractivity contribution is 0.609. The monoisotopic (exact) mass is 158 g/mol. The van der Waals surface area contributed by atoms with E-state index in [9.17, 15) is 0 Å². The minimum absolute atomic E-state index is 0.722. The Labute approximate surface area is 72.2 Å². The highest BCUT2D eigenvalue weighted by Gasteiger charge is 2.14. The minimum atomic E-state index is 0.722. The molecule has 2 nitrogen and oxygen atoms in total. The molecule has 2 heteroatoms. The van der Waals surface area contributed by atoms with Gasteiger partial charge in [0.1, 0.15) is 11.5 Å². The molecule has 1 aromatic rings. The lowest BCUT2D eigenvalue weighted by Crippen LogP contribution is -2.37. The summed E-state index contributed by atoms with van der Waals surface area (Å²) in [5, 5.41) is 0. The zero-order valence-electron chi connectivity index (χ0n) is 6.83. The van der Waals surface area contributed by atoms with Gasteiger partial charge in [-0.15, -0.1) is 6.42 Å². The fourth-order valence-corrected chi connectivity index (χ4v) is 1.23. The summed E-state index contributed by atoms with van der Waals surface area (Å²) in [6, 6.07) is 5.80. The molecule has 1 fully saturated rings. The summed E-state index contributed by atoms with van der Waals surface area (Å²) >= 11 is 0. The van der Waals surface area contributed by atoms with Crippen LogP contribution in [0.15, 0.2) is 18.2 Å². The van der Waals surface area contributed by atoms with Crippen molar-refractivity contribution in [2.24, 2.45) is 0 Å². The number of hydrogen-bond donors (Lipinski definition) is 0. The smallest absolute Gasteiger partial charge is 0.129 e. The van der Waals surface area contributed by atoms with Crippen molar-refractivity contribution in [3.05, 3.63) is 23.9 Å². The molecule has 0 spiro atoms. The first kappa shape index (κ1) is 7.17. The van der Waals surface area contributed by atoms with Crippen LogP contribution >= 0.6 is 0 Å². The molecule has 0 saturated carbocycles. The van der Waals surface area contributed by atoms with Crippen LogP contribution in [0.25, 0.3) is 0 Å². The van der Waals surface area contributed by atoms with Gasteiger partial charge >= 0.3 is 0 Å². The van der Waals surface area contributed by atoms with E-state index < -0.39 is 0 Å². The van der Waals surface area contributed by atoms with Gasteiger partial charge in [-0.25, -0.2) is 4.98 Å². The summed E-state index contributed by atoms with van der Waals surface area (Å²) in [4.78, 5) is 6.53. The van der Waals surface area contributed by atoms with Crippen molar-refractivity contribution in [1.29, 1.82) is 0 Å². The molecule has 1 saturated heterocycles. The van der Waals surface area contributed by atoms with Crippen LogP contribution in [0, 0.1) is 12.3 Å². The lowest BCUT2D eigenvalue weighted by atomic mass is 10.2. The second-order valence-electron chi connectivity index (χ2n) is 2.87. The largest absolute Gasteiger partial charge is 0.356 e. The summed E-state index contributed by atoms with van der Waals surface area (Å²) in [6.07, 6.45) is 6.51. The third-order valence-corrected chi connectivity index (χ3v) is 2.06. The fraction of sp³-hybridized carbons (Fsp3) is 0.300. The van der Waals surface area contributed by atoms with Crippen LogP contribution in [0.3, 0.4) is 0 Å². The van der Waals surface area contributed by atoms with Gasteiger partial charge in [-0.1, -0.05) is 12.0 Å². The summed E-state index contributed by atoms with van der Waals surface area (Å²) in [7, 11) is 0. The molecule has 0 bridgehead atoms. The standard InChI is InChI=1S/C10H10N2/c1-2-9-5-3-6-10(11-9)12-7-4-8-12/h1,3,5-6H,4,7-8H2. The van der Waals surface area contributed by atoms with E-state index in [1.54, 1.807) is 0 Å². The van der Waals surface area contributed by atoms with Crippen LogP contribution in [-0.2, 0) is 0 Å². The number of hydrogen-bond acceptors (Lipinski definition) is 2. The third-order valence-electron chi connectivity index (χ3n) is 2.06. The van der Waals surface area contributed by atoms with Crippen molar-refractivity contribution < 1.29 is 0 Å². The summed E-state index contributed by atoms with van der Waals surface area (Å²) < 4.78 is 0. The van der Waals surface area contributed by atoms with Gasteiger partial charge in [-0.3, -0.25) is 0 Å². The Balaban J connectivity index is 2.27. The van der Waals surface area contributed by atoms with Crippen molar-refractivity contribution in [2.75, 3.05) is 18.0 Å². The number of anilines is 1. The highest BCUT2D eigenvalue weighted by atomic mass is 15.2. The van der Waals surface area contributed by atoms with E-state index in [4.69, 9.17) is 6.42 Å². The van der Waals surface area contributed by atoms with E-state index in [0.717, 1.165) is 24.6 Å². The first-order chi connectivity index (χ1) is 5.90. The summed E-state index contributed by atoms with van der Waals surface area (Å²) in [5.74, 6) is 3.54. The van der Waals surface area contributed by atoms with Crippen molar-refractivity contribution in [3.8, 4) is 12.3 Å². The predicted molar refractivity (Wildman–Crippen MR) is 49.0 cm³/mol. The SMILES string of the molecule is C#Cc1cccc(N2CCC2)n1. The number of terminal acetylenes is 1. The zero-order chi connectivity index (χ0) is 8.39. The highest BCUT2D eigenvalue weighted by Crippen LogP contribution is 2.17. The van der Waals surface area contributed by atoms with E-state index in [1.807, 2.05) is 18.2 Å². The van der Waals surface area contributed by atoms with Gasteiger partial charge in [0.15, 0.2) is 0 Å². The van der Waals surface area contributed by atoms with Gasteiger partial charge in [0, 0.05) is 13.1 Å². The molecule has 0 unspecified atom stereocenters. The molecule has 2 rings (SSSR count). The molecule has 0 aliphatic carbocycles. The number of rotatable bonds is 1. The molecule has 2 heterocycles. The number of pyridine rings is 1. The van der Waals surface area contributed by atoms with Gasteiger partial charge in [0.05, 0.1) is 0 Å². The summed E-state index contributed by atoms with van der Waals surface area (Å²) in [5.41, 5.74) is 0.722. The van der Waals surface area contributed by atoms with Crippen molar-refractivity contribution >= 4 is 5.82 Å². The topological polar surface area (TPSA) is 16.1 Å². The van der Waals surface area contributed by atoms with Gasteiger partial charge < -0.3 is 4.90 Å². The Hall–Kier alpha value is -1.49. The third kappa shape index (κ3) is 1.14. The predicted octanol–water partition coefficient (Wildman–Crippen LogP) is 1.27. The molecule has 0 amide bonds. The maximum atomic E-state index is 5.25. The first-order valence-corrected chi connectivity index (χ1v) is 4.09. The zero-order valence-corrected chi connectivity index (χ0v) is 6.83. The average Bonchev–Trinajstić information content (AvgIpc) is 2.02. The van der Waals surface area contributed by atoms with Crippen LogP contribution in [0.1, 0.15) is 12.1 Å².